The van der Waals surface area contributed by atoms with Gasteiger partial charge >= 0.3 is 12.1 Å². The molecule has 1 aliphatic carbocycles. The van der Waals surface area contributed by atoms with Crippen LogP contribution in [0.2, 0.25) is 0 Å². The number of hydrogen-bond donors (Lipinski definition) is 1. The Morgan fingerprint density at radius 2 is 1.77 bits per heavy atom. The highest BCUT2D eigenvalue weighted by Crippen LogP contribution is 2.50. The first-order valence-corrected chi connectivity index (χ1v) is 9.21. The lowest BCUT2D eigenvalue weighted by Gasteiger charge is -2.39. The Hall–Kier alpha value is -2.24. The van der Waals surface area contributed by atoms with Gasteiger partial charge in [-0.15, -0.1) is 0 Å². The van der Waals surface area contributed by atoms with Gasteiger partial charge in [-0.05, 0) is 58.2 Å². The fourth-order valence-electron chi connectivity index (χ4n) is 3.58. The Balaban J connectivity index is 1.70. The first-order chi connectivity index (χ1) is 12.1. The monoisotopic (exact) mass is 360 g/mol. The van der Waals surface area contributed by atoms with E-state index in [4.69, 9.17) is 4.74 Å². The van der Waals surface area contributed by atoms with Crippen molar-refractivity contribution in [3.8, 4) is 0 Å². The lowest BCUT2D eigenvalue weighted by atomic mass is 9.95. The number of amides is 1. The smallest absolute Gasteiger partial charge is 0.407 e. The molecule has 0 spiro atoms. The third-order valence-corrected chi connectivity index (χ3v) is 5.20. The van der Waals surface area contributed by atoms with Crippen LogP contribution in [-0.4, -0.2) is 53.3 Å². The number of ether oxygens (including phenoxy) is 1. The molecule has 1 N–H and O–H groups in total. The molecule has 2 fully saturated rings. The van der Waals surface area contributed by atoms with Gasteiger partial charge in [0.15, 0.2) is 0 Å². The molecule has 0 bridgehead atoms. The van der Waals surface area contributed by atoms with Gasteiger partial charge in [0.25, 0.3) is 0 Å². The quantitative estimate of drug-likeness (QED) is 0.838. The van der Waals surface area contributed by atoms with Crippen molar-refractivity contribution in [3.63, 3.8) is 0 Å². The molecule has 1 saturated carbocycles. The second-order valence-electron chi connectivity index (χ2n) is 8.40. The summed E-state index contributed by atoms with van der Waals surface area (Å²) in [5.41, 5.74) is 1.10. The first kappa shape index (κ1) is 18.5. The van der Waals surface area contributed by atoms with Crippen molar-refractivity contribution in [2.45, 2.75) is 57.6 Å². The molecule has 26 heavy (non-hydrogen) atoms. The van der Waals surface area contributed by atoms with Crippen LogP contribution < -0.4 is 4.90 Å². The maximum Gasteiger partial charge on any atom is 0.407 e. The van der Waals surface area contributed by atoms with E-state index in [1.54, 1.807) is 0 Å². The highest BCUT2D eigenvalue weighted by Gasteiger charge is 2.53. The van der Waals surface area contributed by atoms with Crippen molar-refractivity contribution < 1.29 is 19.4 Å². The summed E-state index contributed by atoms with van der Waals surface area (Å²) in [7, 11) is 0. The summed E-state index contributed by atoms with van der Waals surface area (Å²) in [5, 5.41) is 9.19. The fraction of sp³-hybridized carbons (Fsp3) is 0.600. The molecule has 142 valence electrons. The lowest BCUT2D eigenvalue weighted by Crippen LogP contribution is -2.53. The third kappa shape index (κ3) is 3.64. The van der Waals surface area contributed by atoms with E-state index < -0.39 is 17.1 Å². The van der Waals surface area contributed by atoms with E-state index in [1.807, 2.05) is 52.0 Å². The summed E-state index contributed by atoms with van der Waals surface area (Å²) >= 11 is 0. The van der Waals surface area contributed by atoms with Gasteiger partial charge in [0.05, 0.1) is 5.41 Å². The molecule has 1 aromatic carbocycles. The molecule has 1 atom stereocenters. The Morgan fingerprint density at radius 1 is 1.15 bits per heavy atom. The second kappa shape index (κ2) is 6.49. The highest BCUT2D eigenvalue weighted by molar-refractivity contribution is 5.87. The van der Waals surface area contributed by atoms with Gasteiger partial charge in [0, 0.05) is 31.4 Å². The molecular weight excluding hydrogens is 332 g/mol. The molecule has 1 saturated heterocycles. The Morgan fingerprint density at radius 3 is 2.23 bits per heavy atom. The summed E-state index contributed by atoms with van der Waals surface area (Å²) in [4.78, 5) is 27.4. The first-order valence-electron chi connectivity index (χ1n) is 9.21. The summed E-state index contributed by atoms with van der Waals surface area (Å²) < 4.78 is 5.60. The maximum atomic E-state index is 12.6. The standard InChI is InChI=1S/C20H28N2O4/c1-14-13-21(11-12-22(14)18(24)25)16-7-5-15(6-8-16)20(9-10-20)17(23)26-19(2,3)4/h5-8,14H,9-13H2,1-4H3,(H,24,25). The minimum absolute atomic E-state index is 0.0440. The van der Waals surface area contributed by atoms with Gasteiger partial charge in [-0.1, -0.05) is 12.1 Å². The number of piperazine rings is 1. The minimum atomic E-state index is -0.861. The van der Waals surface area contributed by atoms with E-state index in [-0.39, 0.29) is 12.0 Å². The summed E-state index contributed by atoms with van der Waals surface area (Å²) in [6.07, 6.45) is 0.797. The SMILES string of the molecule is CC1CN(c2ccc(C3(C(=O)OC(C)(C)C)CC3)cc2)CCN1C(=O)O. The molecular formula is C20H28N2O4. The number of benzene rings is 1. The van der Waals surface area contributed by atoms with E-state index in [2.05, 4.69) is 4.90 Å². The van der Waals surface area contributed by atoms with Gasteiger partial charge in [0.2, 0.25) is 0 Å². The fourth-order valence-corrected chi connectivity index (χ4v) is 3.58. The topological polar surface area (TPSA) is 70.1 Å². The zero-order chi connectivity index (χ0) is 19.1. The second-order valence-corrected chi connectivity index (χ2v) is 8.40. The number of nitrogens with zero attached hydrogens (tertiary/aromatic N) is 2. The predicted molar refractivity (Wildman–Crippen MR) is 99.6 cm³/mol. The van der Waals surface area contributed by atoms with Crippen LogP contribution in [0.25, 0.3) is 0 Å². The minimum Gasteiger partial charge on any atom is -0.465 e. The van der Waals surface area contributed by atoms with Crippen molar-refractivity contribution in [2.24, 2.45) is 0 Å². The molecule has 6 heteroatoms. The number of esters is 1. The van der Waals surface area contributed by atoms with Crippen molar-refractivity contribution in [2.75, 3.05) is 24.5 Å². The normalized spacial score (nSPS) is 22.1. The van der Waals surface area contributed by atoms with Crippen LogP contribution in [0.1, 0.15) is 46.1 Å². The van der Waals surface area contributed by atoms with Gasteiger partial charge in [-0.2, -0.15) is 0 Å². The molecule has 0 aromatic heterocycles. The molecule has 1 heterocycles. The van der Waals surface area contributed by atoms with E-state index in [9.17, 15) is 14.7 Å². The number of carbonyl (C=O) groups excluding carboxylic acids is 1. The number of rotatable bonds is 3. The van der Waals surface area contributed by atoms with Crippen molar-refractivity contribution in [1.82, 2.24) is 4.90 Å². The maximum absolute atomic E-state index is 12.6. The van der Waals surface area contributed by atoms with Crippen LogP contribution >= 0.6 is 0 Å². The molecule has 3 rings (SSSR count). The number of hydrogen-bond acceptors (Lipinski definition) is 4. The number of carbonyl (C=O) groups is 2. The van der Waals surface area contributed by atoms with Crippen LogP contribution in [0.4, 0.5) is 10.5 Å². The Labute approximate surface area is 154 Å². The molecule has 1 aliphatic heterocycles. The summed E-state index contributed by atoms with van der Waals surface area (Å²) in [6, 6.07) is 8.05. The van der Waals surface area contributed by atoms with Gasteiger partial charge < -0.3 is 19.6 Å². The molecule has 6 nitrogen and oxygen atoms in total. The molecule has 1 aromatic rings. The zero-order valence-corrected chi connectivity index (χ0v) is 16.0. The van der Waals surface area contributed by atoms with Gasteiger partial charge in [-0.3, -0.25) is 4.79 Å². The van der Waals surface area contributed by atoms with Crippen molar-refractivity contribution in [1.29, 1.82) is 0 Å². The van der Waals surface area contributed by atoms with Crippen LogP contribution in [0.15, 0.2) is 24.3 Å². The van der Waals surface area contributed by atoms with Crippen LogP contribution in [0.5, 0.6) is 0 Å². The van der Waals surface area contributed by atoms with Gasteiger partial charge in [-0.25, -0.2) is 4.79 Å². The van der Waals surface area contributed by atoms with Crippen molar-refractivity contribution in [3.05, 3.63) is 29.8 Å². The Kier molecular flexibility index (Phi) is 4.63. The molecule has 1 amide bonds. The molecule has 1 unspecified atom stereocenters. The molecule has 2 aliphatic rings. The van der Waals surface area contributed by atoms with E-state index in [0.717, 1.165) is 24.1 Å². The summed E-state index contributed by atoms with van der Waals surface area (Å²) in [6.45, 7) is 9.44. The number of anilines is 1. The van der Waals surface area contributed by atoms with E-state index >= 15 is 0 Å². The zero-order valence-electron chi connectivity index (χ0n) is 16.0. The van der Waals surface area contributed by atoms with Crippen LogP contribution in [0, 0.1) is 0 Å². The average Bonchev–Trinajstić information content (AvgIpc) is 3.35. The number of carboxylic acid groups (broad SMARTS) is 1. The largest absolute Gasteiger partial charge is 0.465 e. The van der Waals surface area contributed by atoms with E-state index in [1.165, 1.54) is 4.90 Å². The lowest BCUT2D eigenvalue weighted by molar-refractivity contribution is -0.158. The van der Waals surface area contributed by atoms with Crippen LogP contribution in [-0.2, 0) is 14.9 Å². The average molecular weight is 360 g/mol. The van der Waals surface area contributed by atoms with Crippen LogP contribution in [0.3, 0.4) is 0 Å². The van der Waals surface area contributed by atoms with Gasteiger partial charge in [0.1, 0.15) is 5.60 Å². The molecule has 0 radical (unpaired) electrons. The Bertz CT molecular complexity index is 689. The highest BCUT2D eigenvalue weighted by atomic mass is 16.6. The summed E-state index contributed by atoms with van der Waals surface area (Å²) in [5.74, 6) is -0.138. The third-order valence-electron chi connectivity index (χ3n) is 5.20. The van der Waals surface area contributed by atoms with E-state index in [0.29, 0.717) is 19.6 Å². The van der Waals surface area contributed by atoms with Crippen molar-refractivity contribution >= 4 is 17.7 Å². The predicted octanol–water partition coefficient (Wildman–Crippen LogP) is 3.25.